The number of hydrazone groups is 2. The van der Waals surface area contributed by atoms with Gasteiger partial charge in [0.25, 0.3) is 0 Å². The van der Waals surface area contributed by atoms with Gasteiger partial charge in [0.2, 0.25) is 11.6 Å². The lowest BCUT2D eigenvalue weighted by atomic mass is 9.94. The number of carbonyl (C=O) groups excluding carboxylic acids is 2. The van der Waals surface area contributed by atoms with Crippen LogP contribution in [0.3, 0.4) is 0 Å². The number of esters is 1. The van der Waals surface area contributed by atoms with Crippen molar-refractivity contribution >= 4 is 29.0 Å². The fourth-order valence-corrected chi connectivity index (χ4v) is 2.05. The number of hydrogen-bond donors (Lipinski definition) is 2. The molecule has 0 saturated heterocycles. The Bertz CT molecular complexity index is 716. The minimum absolute atomic E-state index is 0.0325. The van der Waals surface area contributed by atoms with Gasteiger partial charge in [-0.25, -0.2) is 10.2 Å². The Morgan fingerprint density at radius 3 is 2.74 bits per heavy atom. The second kappa shape index (κ2) is 7.17. The first kappa shape index (κ1) is 16.2. The number of hydrogen-bond acceptors (Lipinski definition) is 7. The summed E-state index contributed by atoms with van der Waals surface area (Å²) in [5.74, 6) is -0.872. The largest absolute Gasteiger partial charge is 0.464 e. The molecule has 0 bridgehead atoms. The third-order valence-electron chi connectivity index (χ3n) is 3.22. The summed E-state index contributed by atoms with van der Waals surface area (Å²) in [4.78, 5) is 22.5. The monoisotopic (exact) mass is 313 g/mol. The van der Waals surface area contributed by atoms with Crippen molar-refractivity contribution < 1.29 is 14.3 Å². The topological polar surface area (TPSA) is 116 Å². The Kier molecular flexibility index (Phi) is 5.04. The molecular formula is C15H15N5O3. The van der Waals surface area contributed by atoms with E-state index in [9.17, 15) is 9.59 Å². The summed E-state index contributed by atoms with van der Waals surface area (Å²) >= 11 is 0. The third-order valence-corrected chi connectivity index (χ3v) is 3.22. The molecule has 8 heteroatoms. The highest BCUT2D eigenvalue weighted by Crippen LogP contribution is 2.18. The molecule has 0 aromatic heterocycles. The maximum atomic E-state index is 11.3. The van der Waals surface area contributed by atoms with E-state index in [-0.39, 0.29) is 17.5 Å². The van der Waals surface area contributed by atoms with Crippen LogP contribution in [0.4, 0.5) is 5.69 Å². The van der Waals surface area contributed by atoms with E-state index in [1.165, 1.54) is 7.11 Å². The predicted molar refractivity (Wildman–Crippen MR) is 83.6 cm³/mol. The third kappa shape index (κ3) is 3.91. The Balaban J connectivity index is 2.11. The molecule has 0 spiro atoms. The molecule has 1 aliphatic rings. The Hall–Kier alpha value is -3.21. The van der Waals surface area contributed by atoms with E-state index in [1.54, 1.807) is 18.2 Å². The summed E-state index contributed by atoms with van der Waals surface area (Å²) in [7, 11) is 1.18. The number of ether oxygens (including phenoxy) is 1. The summed E-state index contributed by atoms with van der Waals surface area (Å²) in [5, 5.41) is 16.6. The van der Waals surface area contributed by atoms with Gasteiger partial charge in [0.15, 0.2) is 0 Å². The molecule has 2 rings (SSSR count). The number of amides is 1. The van der Waals surface area contributed by atoms with Crippen LogP contribution in [-0.4, -0.2) is 30.4 Å². The van der Waals surface area contributed by atoms with Crippen LogP contribution in [0, 0.1) is 17.2 Å². The van der Waals surface area contributed by atoms with Crippen LogP contribution >= 0.6 is 0 Å². The van der Waals surface area contributed by atoms with Gasteiger partial charge in [-0.2, -0.15) is 15.5 Å². The van der Waals surface area contributed by atoms with Gasteiger partial charge in [-0.3, -0.25) is 10.2 Å². The van der Waals surface area contributed by atoms with E-state index < -0.39 is 5.97 Å². The molecule has 23 heavy (non-hydrogen) atoms. The highest BCUT2D eigenvalue weighted by Gasteiger charge is 2.21. The van der Waals surface area contributed by atoms with E-state index in [0.717, 1.165) is 11.3 Å². The lowest BCUT2D eigenvalue weighted by molar-refractivity contribution is -0.132. The van der Waals surface area contributed by atoms with E-state index in [2.05, 4.69) is 25.8 Å². The van der Waals surface area contributed by atoms with Crippen LogP contribution in [0.25, 0.3) is 0 Å². The fraction of sp³-hybridized carbons (Fsp3) is 0.267. The fourth-order valence-electron chi connectivity index (χ4n) is 2.05. The second-order valence-corrected chi connectivity index (χ2v) is 4.89. The van der Waals surface area contributed by atoms with Gasteiger partial charge in [0.05, 0.1) is 18.5 Å². The van der Waals surface area contributed by atoms with Crippen molar-refractivity contribution in [2.45, 2.75) is 13.3 Å². The lowest BCUT2D eigenvalue weighted by Crippen LogP contribution is -2.31. The van der Waals surface area contributed by atoms with Gasteiger partial charge < -0.3 is 4.74 Å². The number of methoxy groups -OCH3 is 1. The number of nitrogens with one attached hydrogen (secondary N) is 2. The molecule has 1 atom stereocenters. The van der Waals surface area contributed by atoms with Crippen LogP contribution in [0.1, 0.15) is 18.9 Å². The maximum absolute atomic E-state index is 11.3. The van der Waals surface area contributed by atoms with Crippen molar-refractivity contribution in [3.05, 3.63) is 29.8 Å². The summed E-state index contributed by atoms with van der Waals surface area (Å²) in [6.45, 7) is 1.93. The molecule has 1 aliphatic heterocycles. The Morgan fingerprint density at radius 2 is 2.17 bits per heavy atom. The molecule has 1 heterocycles. The number of nitrogens with zero attached hydrogens (tertiary/aromatic N) is 3. The zero-order chi connectivity index (χ0) is 16.8. The first-order valence-corrected chi connectivity index (χ1v) is 6.84. The van der Waals surface area contributed by atoms with Gasteiger partial charge >= 0.3 is 5.97 Å². The Morgan fingerprint density at radius 1 is 1.48 bits per heavy atom. The minimum Gasteiger partial charge on any atom is -0.464 e. The smallest absolute Gasteiger partial charge is 0.369 e. The zero-order valence-corrected chi connectivity index (χ0v) is 12.7. The molecular weight excluding hydrogens is 298 g/mol. The van der Waals surface area contributed by atoms with E-state index in [4.69, 9.17) is 5.26 Å². The highest BCUT2D eigenvalue weighted by molar-refractivity contribution is 6.43. The van der Waals surface area contributed by atoms with Crippen molar-refractivity contribution in [2.24, 2.45) is 16.1 Å². The number of nitriles is 1. The van der Waals surface area contributed by atoms with Gasteiger partial charge in [0, 0.05) is 12.3 Å². The van der Waals surface area contributed by atoms with Crippen LogP contribution in [0.15, 0.2) is 34.5 Å². The molecule has 1 aromatic carbocycles. The van der Waals surface area contributed by atoms with Crippen molar-refractivity contribution in [2.75, 3.05) is 12.5 Å². The average molecular weight is 313 g/mol. The second-order valence-electron chi connectivity index (χ2n) is 4.89. The Labute approximate surface area is 132 Å². The summed E-state index contributed by atoms with van der Waals surface area (Å²) in [6, 6.07) is 8.74. The van der Waals surface area contributed by atoms with Crippen LogP contribution in [-0.2, 0) is 14.3 Å². The number of benzene rings is 1. The van der Waals surface area contributed by atoms with Gasteiger partial charge in [-0.15, -0.1) is 0 Å². The van der Waals surface area contributed by atoms with Crippen molar-refractivity contribution in [3.63, 3.8) is 0 Å². The molecule has 8 nitrogen and oxygen atoms in total. The summed E-state index contributed by atoms with van der Waals surface area (Å²) in [5.41, 5.74) is 6.98. The standard InChI is InChI=1S/C15H15N5O3/c1-9-7-13(21)19-20-14(9)10-3-5-11(6-4-10)17-18-12(8-16)15(22)23-2/h3-6,9,17H,7H2,1-2H3,(H,19,21)/t9-/m1/s1. The molecule has 1 amide bonds. The van der Waals surface area contributed by atoms with Crippen LogP contribution in [0.2, 0.25) is 0 Å². The molecule has 0 saturated carbocycles. The molecule has 0 aliphatic carbocycles. The number of rotatable bonds is 4. The molecule has 0 radical (unpaired) electrons. The molecule has 0 fully saturated rings. The minimum atomic E-state index is -0.808. The summed E-state index contributed by atoms with van der Waals surface area (Å²) < 4.78 is 4.43. The molecule has 2 N–H and O–H groups in total. The highest BCUT2D eigenvalue weighted by atomic mass is 16.5. The maximum Gasteiger partial charge on any atom is 0.369 e. The quantitative estimate of drug-likeness (QED) is 0.489. The van der Waals surface area contributed by atoms with Crippen molar-refractivity contribution in [1.82, 2.24) is 5.43 Å². The normalized spacial score (nSPS) is 17.6. The van der Waals surface area contributed by atoms with Gasteiger partial charge in [-0.05, 0) is 17.7 Å². The van der Waals surface area contributed by atoms with Gasteiger partial charge in [0.1, 0.15) is 6.07 Å². The SMILES string of the molecule is COC(=O)C(C#N)=NNc1ccc(C2=NNC(=O)C[C@H]2C)cc1. The van der Waals surface area contributed by atoms with E-state index >= 15 is 0 Å². The predicted octanol–water partition coefficient (Wildman–Crippen LogP) is 1.01. The molecule has 1 aromatic rings. The van der Waals surface area contributed by atoms with Gasteiger partial charge in [-0.1, -0.05) is 19.1 Å². The van der Waals surface area contributed by atoms with E-state index in [0.29, 0.717) is 12.1 Å². The molecule has 118 valence electrons. The number of anilines is 1. The average Bonchev–Trinajstić information content (AvgIpc) is 2.56. The first-order valence-electron chi connectivity index (χ1n) is 6.84. The van der Waals surface area contributed by atoms with Crippen LogP contribution in [0.5, 0.6) is 0 Å². The van der Waals surface area contributed by atoms with Crippen molar-refractivity contribution in [1.29, 1.82) is 5.26 Å². The van der Waals surface area contributed by atoms with Crippen molar-refractivity contribution in [3.8, 4) is 6.07 Å². The number of carbonyl (C=O) groups is 2. The summed E-state index contributed by atoms with van der Waals surface area (Å²) in [6.07, 6.45) is 0.397. The van der Waals surface area contributed by atoms with Crippen LogP contribution < -0.4 is 10.9 Å². The molecule has 0 unspecified atom stereocenters. The lowest BCUT2D eigenvalue weighted by Gasteiger charge is -2.19. The zero-order valence-electron chi connectivity index (χ0n) is 12.7. The van der Waals surface area contributed by atoms with E-state index in [1.807, 2.05) is 19.1 Å². The first-order chi connectivity index (χ1) is 11.0.